The molecular formula is C18H21ClN2S. The molecule has 2 nitrogen and oxygen atoms in total. The Morgan fingerprint density at radius 3 is 2.55 bits per heavy atom. The Labute approximate surface area is 142 Å². The minimum Gasteiger partial charge on any atom is -0.358 e. The molecule has 4 heteroatoms. The minimum atomic E-state index is 0.638. The van der Waals surface area contributed by atoms with Gasteiger partial charge in [0.1, 0.15) is 0 Å². The van der Waals surface area contributed by atoms with Gasteiger partial charge in [-0.05, 0) is 54.4 Å². The fourth-order valence-corrected chi connectivity index (χ4v) is 2.49. The van der Waals surface area contributed by atoms with E-state index in [4.69, 9.17) is 23.8 Å². The Kier molecular flexibility index (Phi) is 6.69. The van der Waals surface area contributed by atoms with E-state index in [1.165, 1.54) is 18.4 Å². The summed E-state index contributed by atoms with van der Waals surface area (Å²) in [5, 5.41) is 7.91. The van der Waals surface area contributed by atoms with Crippen LogP contribution in [0, 0.1) is 0 Å². The molecule has 0 aliphatic carbocycles. The highest BCUT2D eigenvalue weighted by molar-refractivity contribution is 7.80. The van der Waals surface area contributed by atoms with Crippen molar-refractivity contribution in [3.63, 3.8) is 0 Å². The number of halogens is 1. The molecule has 0 saturated carbocycles. The highest BCUT2D eigenvalue weighted by atomic mass is 35.5. The van der Waals surface area contributed by atoms with E-state index >= 15 is 0 Å². The van der Waals surface area contributed by atoms with Crippen molar-refractivity contribution in [2.45, 2.75) is 32.7 Å². The molecule has 0 bridgehead atoms. The zero-order valence-corrected chi connectivity index (χ0v) is 14.3. The molecule has 22 heavy (non-hydrogen) atoms. The van der Waals surface area contributed by atoms with Crippen LogP contribution in [0.3, 0.4) is 0 Å². The third-order valence-electron chi connectivity index (χ3n) is 3.43. The standard InChI is InChI=1S/C18H21ClN2S/c1-2-3-6-15-7-4-5-8-17(15)21-18(22)20-13-14-9-11-16(19)12-10-14/h4-5,7-12H,2-3,6,13H2,1H3,(H2,20,21,22). The number of unbranched alkanes of at least 4 members (excludes halogenated alkanes) is 1. The summed E-state index contributed by atoms with van der Waals surface area (Å²) in [6, 6.07) is 16.1. The number of nitrogens with one attached hydrogen (secondary N) is 2. The SMILES string of the molecule is CCCCc1ccccc1NC(=S)NCc1ccc(Cl)cc1. The van der Waals surface area contributed by atoms with Gasteiger partial charge in [0.15, 0.2) is 5.11 Å². The summed E-state index contributed by atoms with van der Waals surface area (Å²) in [5.41, 5.74) is 3.54. The second kappa shape index (κ2) is 8.76. The lowest BCUT2D eigenvalue weighted by Crippen LogP contribution is -2.28. The molecule has 0 heterocycles. The first-order chi connectivity index (χ1) is 10.7. The van der Waals surface area contributed by atoms with Gasteiger partial charge < -0.3 is 10.6 Å². The number of hydrogen-bond acceptors (Lipinski definition) is 1. The second-order valence-electron chi connectivity index (χ2n) is 5.19. The van der Waals surface area contributed by atoms with E-state index in [0.717, 1.165) is 22.7 Å². The number of aryl methyl sites for hydroxylation is 1. The fourth-order valence-electron chi connectivity index (χ4n) is 2.18. The van der Waals surface area contributed by atoms with Crippen LogP contribution >= 0.6 is 23.8 Å². The van der Waals surface area contributed by atoms with Crippen molar-refractivity contribution in [3.8, 4) is 0 Å². The number of anilines is 1. The Balaban J connectivity index is 1.90. The molecule has 2 aromatic carbocycles. The summed E-state index contributed by atoms with van der Waals surface area (Å²) in [6.07, 6.45) is 3.44. The summed E-state index contributed by atoms with van der Waals surface area (Å²) in [6.45, 7) is 2.88. The molecule has 0 aliphatic heterocycles. The first-order valence-electron chi connectivity index (χ1n) is 7.56. The smallest absolute Gasteiger partial charge is 0.171 e. The third kappa shape index (κ3) is 5.32. The van der Waals surface area contributed by atoms with Crippen molar-refractivity contribution in [1.82, 2.24) is 5.32 Å². The normalized spacial score (nSPS) is 10.3. The molecule has 2 rings (SSSR count). The highest BCUT2D eigenvalue weighted by Crippen LogP contribution is 2.17. The Morgan fingerprint density at radius 1 is 1.09 bits per heavy atom. The lowest BCUT2D eigenvalue weighted by Gasteiger charge is -2.14. The lowest BCUT2D eigenvalue weighted by molar-refractivity contribution is 0.796. The predicted molar refractivity (Wildman–Crippen MR) is 99.6 cm³/mol. The monoisotopic (exact) mass is 332 g/mol. The maximum absolute atomic E-state index is 5.88. The number of para-hydroxylation sites is 1. The van der Waals surface area contributed by atoms with Gasteiger partial charge in [0.25, 0.3) is 0 Å². The van der Waals surface area contributed by atoms with Crippen molar-refractivity contribution in [2.24, 2.45) is 0 Å². The molecule has 0 fully saturated rings. The van der Waals surface area contributed by atoms with Crippen LogP contribution in [0.25, 0.3) is 0 Å². The van der Waals surface area contributed by atoms with Gasteiger partial charge in [-0.2, -0.15) is 0 Å². The van der Waals surface area contributed by atoms with Gasteiger partial charge in [-0.15, -0.1) is 0 Å². The number of thiocarbonyl (C=S) groups is 1. The zero-order chi connectivity index (χ0) is 15.8. The topological polar surface area (TPSA) is 24.1 Å². The molecule has 0 atom stereocenters. The number of benzene rings is 2. The van der Waals surface area contributed by atoms with Gasteiger partial charge in [0.2, 0.25) is 0 Å². The molecule has 116 valence electrons. The molecule has 0 unspecified atom stereocenters. The van der Waals surface area contributed by atoms with Crippen LogP contribution in [-0.2, 0) is 13.0 Å². The third-order valence-corrected chi connectivity index (χ3v) is 3.93. The van der Waals surface area contributed by atoms with Gasteiger partial charge in [-0.1, -0.05) is 55.3 Å². The lowest BCUT2D eigenvalue weighted by atomic mass is 10.1. The van der Waals surface area contributed by atoms with Gasteiger partial charge in [-0.25, -0.2) is 0 Å². The van der Waals surface area contributed by atoms with Gasteiger partial charge in [-0.3, -0.25) is 0 Å². The van der Waals surface area contributed by atoms with Crippen molar-refractivity contribution >= 4 is 34.6 Å². The van der Waals surface area contributed by atoms with E-state index in [2.05, 4.69) is 35.8 Å². The summed E-state index contributed by atoms with van der Waals surface area (Å²) in [5.74, 6) is 0. The van der Waals surface area contributed by atoms with Gasteiger partial charge in [0, 0.05) is 17.3 Å². The van der Waals surface area contributed by atoms with Crippen LogP contribution in [-0.4, -0.2) is 5.11 Å². The predicted octanol–water partition coefficient (Wildman–Crippen LogP) is 5.17. The van der Waals surface area contributed by atoms with Crippen LogP contribution in [0.2, 0.25) is 5.02 Å². The molecule has 0 aromatic heterocycles. The van der Waals surface area contributed by atoms with E-state index in [1.54, 1.807) is 0 Å². The van der Waals surface area contributed by atoms with Crippen LogP contribution in [0.1, 0.15) is 30.9 Å². The van der Waals surface area contributed by atoms with Crippen LogP contribution in [0.4, 0.5) is 5.69 Å². The first kappa shape index (κ1) is 16.8. The molecule has 0 radical (unpaired) electrons. The molecule has 0 spiro atoms. The fraction of sp³-hybridized carbons (Fsp3) is 0.278. The van der Waals surface area contributed by atoms with Crippen LogP contribution in [0.5, 0.6) is 0 Å². The highest BCUT2D eigenvalue weighted by Gasteiger charge is 2.03. The average molecular weight is 333 g/mol. The van der Waals surface area contributed by atoms with Crippen molar-refractivity contribution in [3.05, 3.63) is 64.7 Å². The van der Waals surface area contributed by atoms with E-state index in [-0.39, 0.29) is 0 Å². The first-order valence-corrected chi connectivity index (χ1v) is 8.35. The van der Waals surface area contributed by atoms with E-state index in [0.29, 0.717) is 11.7 Å². The second-order valence-corrected chi connectivity index (χ2v) is 6.04. The molecule has 2 N–H and O–H groups in total. The molecule has 0 aliphatic rings. The van der Waals surface area contributed by atoms with Crippen molar-refractivity contribution < 1.29 is 0 Å². The van der Waals surface area contributed by atoms with Crippen molar-refractivity contribution in [1.29, 1.82) is 0 Å². The Bertz CT molecular complexity index is 611. The molecular weight excluding hydrogens is 312 g/mol. The maximum atomic E-state index is 5.88. The average Bonchev–Trinajstić information content (AvgIpc) is 2.53. The van der Waals surface area contributed by atoms with Gasteiger partial charge >= 0.3 is 0 Å². The number of rotatable bonds is 6. The van der Waals surface area contributed by atoms with E-state index < -0.39 is 0 Å². The van der Waals surface area contributed by atoms with Crippen molar-refractivity contribution in [2.75, 3.05) is 5.32 Å². The Hall–Kier alpha value is -1.58. The summed E-state index contributed by atoms with van der Waals surface area (Å²) < 4.78 is 0. The van der Waals surface area contributed by atoms with E-state index in [9.17, 15) is 0 Å². The number of hydrogen-bond donors (Lipinski definition) is 2. The summed E-state index contributed by atoms with van der Waals surface area (Å²) >= 11 is 11.3. The molecule has 0 saturated heterocycles. The van der Waals surface area contributed by atoms with E-state index in [1.807, 2.05) is 30.3 Å². The quantitative estimate of drug-likeness (QED) is 0.714. The van der Waals surface area contributed by atoms with Gasteiger partial charge in [0.05, 0.1) is 0 Å². The van der Waals surface area contributed by atoms with Crippen LogP contribution < -0.4 is 10.6 Å². The molecule has 0 amide bonds. The zero-order valence-electron chi connectivity index (χ0n) is 12.7. The summed E-state index contributed by atoms with van der Waals surface area (Å²) in [4.78, 5) is 0. The minimum absolute atomic E-state index is 0.638. The Morgan fingerprint density at radius 2 is 1.82 bits per heavy atom. The summed E-state index contributed by atoms with van der Waals surface area (Å²) in [7, 11) is 0. The molecule has 2 aromatic rings. The maximum Gasteiger partial charge on any atom is 0.171 e. The largest absolute Gasteiger partial charge is 0.358 e. The van der Waals surface area contributed by atoms with Crippen LogP contribution in [0.15, 0.2) is 48.5 Å².